The molecular formula is C25H33N3O. The van der Waals surface area contributed by atoms with E-state index in [4.69, 9.17) is 0 Å². The summed E-state index contributed by atoms with van der Waals surface area (Å²) in [6.07, 6.45) is 1.91. The van der Waals surface area contributed by atoms with E-state index in [9.17, 15) is 4.79 Å². The molecule has 0 spiro atoms. The topological polar surface area (TPSA) is 48.1 Å². The van der Waals surface area contributed by atoms with E-state index in [1.165, 1.54) is 22.2 Å². The first-order valence-electron chi connectivity index (χ1n) is 10.6. The van der Waals surface area contributed by atoms with Gasteiger partial charge in [0.1, 0.15) is 0 Å². The molecule has 0 saturated heterocycles. The number of benzene rings is 2. The van der Waals surface area contributed by atoms with Gasteiger partial charge < -0.3 is 15.2 Å². The number of anilines is 1. The molecule has 0 saturated carbocycles. The van der Waals surface area contributed by atoms with Gasteiger partial charge in [0.05, 0.1) is 0 Å². The second-order valence-electron chi connectivity index (χ2n) is 8.40. The zero-order valence-electron chi connectivity index (χ0n) is 18.3. The Morgan fingerprint density at radius 1 is 1.17 bits per heavy atom. The van der Waals surface area contributed by atoms with E-state index in [-0.39, 0.29) is 5.91 Å². The van der Waals surface area contributed by atoms with Crippen molar-refractivity contribution in [3.05, 3.63) is 64.8 Å². The van der Waals surface area contributed by atoms with Gasteiger partial charge in [0.15, 0.2) is 0 Å². The lowest BCUT2D eigenvalue weighted by atomic mass is 10.1. The predicted octanol–water partition coefficient (Wildman–Crippen LogP) is 5.42. The number of nitrogens with zero attached hydrogens (tertiary/aromatic N) is 1. The van der Waals surface area contributed by atoms with Crippen molar-refractivity contribution in [1.29, 1.82) is 0 Å². The van der Waals surface area contributed by atoms with Crippen LogP contribution in [0.25, 0.3) is 10.9 Å². The minimum Gasteiger partial charge on any atom is -0.358 e. The SMILES string of the molecule is CCc1cccc(C(=O)Nc2ccc3[nH]c(C)c(CCN(C)CC(C)C)c3c2)c1. The number of nitrogens with one attached hydrogen (secondary N) is 2. The Balaban J connectivity index is 1.79. The van der Waals surface area contributed by atoms with E-state index in [1.54, 1.807) is 0 Å². The maximum Gasteiger partial charge on any atom is 0.255 e. The monoisotopic (exact) mass is 391 g/mol. The summed E-state index contributed by atoms with van der Waals surface area (Å²) < 4.78 is 0. The summed E-state index contributed by atoms with van der Waals surface area (Å²) in [7, 11) is 2.18. The number of aromatic nitrogens is 1. The van der Waals surface area contributed by atoms with Crippen LogP contribution in [0, 0.1) is 12.8 Å². The minimum atomic E-state index is -0.0647. The number of amides is 1. The smallest absolute Gasteiger partial charge is 0.255 e. The van der Waals surface area contributed by atoms with Crippen LogP contribution in [0.5, 0.6) is 0 Å². The van der Waals surface area contributed by atoms with E-state index in [1.807, 2.05) is 30.3 Å². The minimum absolute atomic E-state index is 0.0647. The molecule has 2 aromatic carbocycles. The first-order chi connectivity index (χ1) is 13.9. The van der Waals surface area contributed by atoms with Crippen molar-refractivity contribution in [1.82, 2.24) is 9.88 Å². The molecule has 1 amide bonds. The molecule has 29 heavy (non-hydrogen) atoms. The Morgan fingerprint density at radius 2 is 1.97 bits per heavy atom. The van der Waals surface area contributed by atoms with Gasteiger partial charge in [-0.25, -0.2) is 0 Å². The number of aromatic amines is 1. The normalized spacial score (nSPS) is 11.6. The molecule has 1 aromatic heterocycles. The Morgan fingerprint density at radius 3 is 2.69 bits per heavy atom. The van der Waals surface area contributed by atoms with Gasteiger partial charge in [-0.2, -0.15) is 0 Å². The Kier molecular flexibility index (Phi) is 6.75. The largest absolute Gasteiger partial charge is 0.358 e. The van der Waals surface area contributed by atoms with Crippen LogP contribution in [-0.4, -0.2) is 35.9 Å². The summed E-state index contributed by atoms with van der Waals surface area (Å²) in [4.78, 5) is 18.6. The molecule has 4 nitrogen and oxygen atoms in total. The van der Waals surface area contributed by atoms with Gasteiger partial charge in [0, 0.05) is 40.9 Å². The first-order valence-corrected chi connectivity index (χ1v) is 10.6. The fourth-order valence-electron chi connectivity index (χ4n) is 3.94. The number of hydrogen-bond donors (Lipinski definition) is 2. The van der Waals surface area contributed by atoms with Gasteiger partial charge in [-0.1, -0.05) is 32.9 Å². The van der Waals surface area contributed by atoms with Gasteiger partial charge in [0.2, 0.25) is 0 Å². The van der Waals surface area contributed by atoms with Crippen molar-refractivity contribution in [2.45, 2.75) is 40.5 Å². The second-order valence-corrected chi connectivity index (χ2v) is 8.40. The van der Waals surface area contributed by atoms with Crippen molar-refractivity contribution in [2.75, 3.05) is 25.5 Å². The average molecular weight is 392 g/mol. The quantitative estimate of drug-likeness (QED) is 0.538. The highest BCUT2D eigenvalue weighted by Gasteiger charge is 2.12. The molecule has 0 bridgehead atoms. The molecule has 154 valence electrons. The molecule has 0 unspecified atom stereocenters. The van der Waals surface area contributed by atoms with Gasteiger partial charge >= 0.3 is 0 Å². The molecule has 3 aromatic rings. The predicted molar refractivity (Wildman–Crippen MR) is 123 cm³/mol. The van der Waals surface area contributed by atoms with E-state index in [0.29, 0.717) is 11.5 Å². The van der Waals surface area contributed by atoms with Crippen LogP contribution < -0.4 is 5.32 Å². The van der Waals surface area contributed by atoms with Crippen molar-refractivity contribution < 1.29 is 4.79 Å². The number of hydrogen-bond acceptors (Lipinski definition) is 2. The fraction of sp³-hybridized carbons (Fsp3) is 0.400. The van der Waals surface area contributed by atoms with Crippen LogP contribution >= 0.6 is 0 Å². The highest BCUT2D eigenvalue weighted by molar-refractivity contribution is 6.05. The second kappa shape index (κ2) is 9.27. The van der Waals surface area contributed by atoms with E-state index < -0.39 is 0 Å². The van der Waals surface area contributed by atoms with Crippen LogP contribution in [0.3, 0.4) is 0 Å². The standard InChI is InChI=1S/C25H33N3O/c1-6-19-8-7-9-20(14-19)25(29)27-21-10-11-24-23(15-21)22(18(4)26-24)12-13-28(5)16-17(2)3/h7-11,14-15,17,26H,6,12-13,16H2,1-5H3,(H,27,29). The molecule has 0 radical (unpaired) electrons. The zero-order chi connectivity index (χ0) is 21.0. The molecule has 0 aliphatic carbocycles. The Hall–Kier alpha value is -2.59. The number of aryl methyl sites for hydroxylation is 2. The van der Waals surface area contributed by atoms with Crippen LogP contribution in [0.2, 0.25) is 0 Å². The highest BCUT2D eigenvalue weighted by Crippen LogP contribution is 2.26. The number of carbonyl (C=O) groups excluding carboxylic acids is 1. The number of likely N-dealkylation sites (N-methyl/N-ethyl adjacent to an activating group) is 1. The molecule has 0 aliphatic rings. The maximum atomic E-state index is 12.7. The summed E-state index contributed by atoms with van der Waals surface area (Å²) in [5, 5.41) is 4.26. The third kappa shape index (κ3) is 5.27. The van der Waals surface area contributed by atoms with Crippen LogP contribution in [0.4, 0.5) is 5.69 Å². The van der Waals surface area contributed by atoms with Gasteiger partial charge in [-0.15, -0.1) is 0 Å². The van der Waals surface area contributed by atoms with Crippen molar-refractivity contribution in [3.8, 4) is 0 Å². The Bertz CT molecular complexity index is 987. The number of rotatable bonds is 8. The first kappa shape index (κ1) is 21.1. The van der Waals surface area contributed by atoms with Crippen LogP contribution in [0.1, 0.15) is 48.0 Å². The zero-order valence-corrected chi connectivity index (χ0v) is 18.3. The van der Waals surface area contributed by atoms with Gasteiger partial charge in [0.25, 0.3) is 5.91 Å². The van der Waals surface area contributed by atoms with E-state index >= 15 is 0 Å². The summed E-state index contributed by atoms with van der Waals surface area (Å²) in [6.45, 7) is 10.8. The van der Waals surface area contributed by atoms with Crippen molar-refractivity contribution >= 4 is 22.5 Å². The van der Waals surface area contributed by atoms with Crippen LogP contribution in [0.15, 0.2) is 42.5 Å². The maximum absolute atomic E-state index is 12.7. The number of fused-ring (bicyclic) bond motifs is 1. The lowest BCUT2D eigenvalue weighted by molar-refractivity contribution is 0.102. The third-order valence-electron chi connectivity index (χ3n) is 5.40. The highest BCUT2D eigenvalue weighted by atomic mass is 16.1. The Labute approximate surface area is 174 Å². The number of H-pyrrole nitrogens is 1. The van der Waals surface area contributed by atoms with Gasteiger partial charge in [-0.05, 0) is 74.2 Å². The fourth-order valence-corrected chi connectivity index (χ4v) is 3.94. The molecule has 2 N–H and O–H groups in total. The summed E-state index contributed by atoms with van der Waals surface area (Å²) in [6, 6.07) is 13.9. The molecular weight excluding hydrogens is 358 g/mol. The molecule has 3 rings (SSSR count). The summed E-state index contributed by atoms with van der Waals surface area (Å²) in [5.74, 6) is 0.599. The van der Waals surface area contributed by atoms with Gasteiger partial charge in [-0.3, -0.25) is 4.79 Å². The van der Waals surface area contributed by atoms with Crippen LogP contribution in [-0.2, 0) is 12.8 Å². The molecule has 4 heteroatoms. The summed E-state index contributed by atoms with van der Waals surface area (Å²) in [5.41, 5.74) is 6.36. The van der Waals surface area contributed by atoms with E-state index in [2.05, 4.69) is 62.1 Å². The molecule has 0 atom stereocenters. The molecule has 0 aliphatic heterocycles. The molecule has 1 heterocycles. The lowest BCUT2D eigenvalue weighted by Crippen LogP contribution is -2.25. The average Bonchev–Trinajstić information content (AvgIpc) is 3.00. The van der Waals surface area contributed by atoms with Crippen molar-refractivity contribution in [3.63, 3.8) is 0 Å². The third-order valence-corrected chi connectivity index (χ3v) is 5.40. The molecule has 0 fully saturated rings. The number of carbonyl (C=O) groups is 1. The van der Waals surface area contributed by atoms with E-state index in [0.717, 1.165) is 37.1 Å². The summed E-state index contributed by atoms with van der Waals surface area (Å²) >= 11 is 0. The lowest BCUT2D eigenvalue weighted by Gasteiger charge is -2.18. The van der Waals surface area contributed by atoms with Crippen molar-refractivity contribution in [2.24, 2.45) is 5.92 Å².